The molecular weight excluding hydrogens is 308 g/mol. The predicted octanol–water partition coefficient (Wildman–Crippen LogP) is 2.86. The molecule has 110 valence electrons. The highest BCUT2D eigenvalue weighted by Crippen LogP contribution is 2.28. The van der Waals surface area contributed by atoms with Crippen molar-refractivity contribution in [3.05, 3.63) is 58.8 Å². The average molecular weight is 323 g/mol. The van der Waals surface area contributed by atoms with Crippen molar-refractivity contribution in [1.29, 1.82) is 0 Å². The lowest BCUT2D eigenvalue weighted by molar-refractivity contribution is -0.138. The molecule has 1 aromatic carbocycles. The van der Waals surface area contributed by atoms with E-state index in [4.69, 9.17) is 28.6 Å². The summed E-state index contributed by atoms with van der Waals surface area (Å²) >= 11 is 11.1. The van der Waals surface area contributed by atoms with Crippen molar-refractivity contribution in [2.45, 2.75) is 13.0 Å². The van der Waals surface area contributed by atoms with E-state index in [1.807, 2.05) is 12.1 Å². The minimum absolute atomic E-state index is 0.160. The molecule has 2 N–H and O–H groups in total. The molecule has 0 saturated heterocycles. The molecular formula is C15H15ClN2O2S. The molecule has 1 atom stereocenters. The first kappa shape index (κ1) is 15.5. The highest BCUT2D eigenvalue weighted by atomic mass is 35.5. The quantitative estimate of drug-likeness (QED) is 0.507. The van der Waals surface area contributed by atoms with Gasteiger partial charge in [0.1, 0.15) is 6.61 Å². The summed E-state index contributed by atoms with van der Waals surface area (Å²) in [6.45, 7) is 5.49. The number of hydrogen-bond donors (Lipinski definition) is 2. The number of allylic oxidation sites excluding steroid dienone is 1. The van der Waals surface area contributed by atoms with Gasteiger partial charge in [0.15, 0.2) is 5.11 Å². The zero-order valence-electron chi connectivity index (χ0n) is 11.5. The van der Waals surface area contributed by atoms with Gasteiger partial charge >= 0.3 is 5.97 Å². The predicted molar refractivity (Wildman–Crippen MR) is 86.9 cm³/mol. The second-order valence-electron chi connectivity index (χ2n) is 4.51. The van der Waals surface area contributed by atoms with Crippen LogP contribution in [-0.2, 0) is 9.53 Å². The highest BCUT2D eigenvalue weighted by Gasteiger charge is 2.30. The van der Waals surface area contributed by atoms with E-state index < -0.39 is 5.97 Å². The first-order valence-electron chi connectivity index (χ1n) is 6.34. The van der Waals surface area contributed by atoms with Crippen LogP contribution < -0.4 is 10.6 Å². The number of thiocarbonyl (C=S) groups is 1. The Bertz CT molecular complexity index is 611. The summed E-state index contributed by atoms with van der Waals surface area (Å²) in [5.74, 6) is -0.408. The van der Waals surface area contributed by atoms with Crippen LogP contribution >= 0.6 is 23.8 Å². The number of hydrogen-bond acceptors (Lipinski definition) is 3. The number of carbonyl (C=O) groups is 1. The lowest BCUT2D eigenvalue weighted by Gasteiger charge is -2.29. The van der Waals surface area contributed by atoms with Crippen molar-refractivity contribution >= 4 is 34.9 Å². The van der Waals surface area contributed by atoms with Crippen molar-refractivity contribution in [3.63, 3.8) is 0 Å². The Morgan fingerprint density at radius 1 is 1.48 bits per heavy atom. The van der Waals surface area contributed by atoms with E-state index in [-0.39, 0.29) is 12.6 Å². The molecule has 6 heteroatoms. The van der Waals surface area contributed by atoms with Crippen LogP contribution in [0.1, 0.15) is 18.5 Å². The maximum Gasteiger partial charge on any atom is 0.338 e. The third-order valence-electron chi connectivity index (χ3n) is 3.02. The van der Waals surface area contributed by atoms with Gasteiger partial charge in [0.25, 0.3) is 0 Å². The minimum Gasteiger partial charge on any atom is -0.458 e. The lowest BCUT2D eigenvalue weighted by atomic mass is 9.96. The number of carbonyl (C=O) groups excluding carboxylic acids is 1. The molecule has 0 aromatic heterocycles. The summed E-state index contributed by atoms with van der Waals surface area (Å²) in [6, 6.07) is 6.87. The molecule has 4 nitrogen and oxygen atoms in total. The zero-order valence-corrected chi connectivity index (χ0v) is 13.1. The summed E-state index contributed by atoms with van der Waals surface area (Å²) < 4.78 is 5.15. The Kier molecular flexibility index (Phi) is 4.98. The monoisotopic (exact) mass is 322 g/mol. The van der Waals surface area contributed by atoms with E-state index in [2.05, 4.69) is 17.2 Å². The Morgan fingerprint density at radius 2 is 2.14 bits per heavy atom. The molecule has 1 aliphatic rings. The molecule has 0 amide bonds. The van der Waals surface area contributed by atoms with Gasteiger partial charge in [0.05, 0.1) is 11.6 Å². The summed E-state index contributed by atoms with van der Waals surface area (Å²) in [5.41, 5.74) is 2.05. The second kappa shape index (κ2) is 6.74. The fourth-order valence-electron chi connectivity index (χ4n) is 2.08. The van der Waals surface area contributed by atoms with Gasteiger partial charge in [-0.05, 0) is 36.8 Å². The van der Waals surface area contributed by atoms with Crippen LogP contribution in [0, 0.1) is 0 Å². The van der Waals surface area contributed by atoms with E-state index in [0.717, 1.165) is 5.56 Å². The number of benzene rings is 1. The van der Waals surface area contributed by atoms with Gasteiger partial charge in [-0.25, -0.2) is 4.79 Å². The van der Waals surface area contributed by atoms with Gasteiger partial charge in [0.2, 0.25) is 0 Å². The first-order chi connectivity index (χ1) is 10.0. The minimum atomic E-state index is -0.408. The summed E-state index contributed by atoms with van der Waals surface area (Å²) in [4.78, 5) is 12.2. The van der Waals surface area contributed by atoms with Gasteiger partial charge in [-0.1, -0.05) is 36.4 Å². The number of nitrogens with one attached hydrogen (secondary N) is 2. The normalized spacial score (nSPS) is 17.8. The molecule has 21 heavy (non-hydrogen) atoms. The molecule has 0 bridgehead atoms. The average Bonchev–Trinajstić information content (AvgIpc) is 2.44. The van der Waals surface area contributed by atoms with Gasteiger partial charge in [0, 0.05) is 10.7 Å². The molecule has 1 aromatic rings. The summed E-state index contributed by atoms with van der Waals surface area (Å²) in [5, 5.41) is 7.12. The third-order valence-corrected chi connectivity index (χ3v) is 3.50. The molecule has 0 aliphatic carbocycles. The molecule has 0 fully saturated rings. The van der Waals surface area contributed by atoms with Crippen LogP contribution in [-0.4, -0.2) is 17.7 Å². The maximum atomic E-state index is 12.2. The van der Waals surface area contributed by atoms with Gasteiger partial charge < -0.3 is 15.4 Å². The van der Waals surface area contributed by atoms with Crippen molar-refractivity contribution in [2.75, 3.05) is 6.61 Å². The summed E-state index contributed by atoms with van der Waals surface area (Å²) in [6.07, 6.45) is 1.53. The van der Waals surface area contributed by atoms with E-state index in [0.29, 0.717) is 21.4 Å². The number of ether oxygens (including phenoxy) is 1. The zero-order chi connectivity index (χ0) is 15.4. The van der Waals surface area contributed by atoms with Crippen molar-refractivity contribution in [3.8, 4) is 0 Å². The fraction of sp³-hybridized carbons (Fsp3) is 0.200. The molecule has 0 spiro atoms. The largest absolute Gasteiger partial charge is 0.458 e. The second-order valence-corrected chi connectivity index (χ2v) is 5.35. The van der Waals surface area contributed by atoms with Crippen LogP contribution in [0.25, 0.3) is 0 Å². The van der Waals surface area contributed by atoms with Crippen LogP contribution in [0.4, 0.5) is 0 Å². The fourth-order valence-corrected chi connectivity index (χ4v) is 2.48. The van der Waals surface area contributed by atoms with Gasteiger partial charge in [-0.15, -0.1) is 0 Å². The Labute approximate surface area is 133 Å². The molecule has 2 rings (SSSR count). The van der Waals surface area contributed by atoms with Crippen molar-refractivity contribution in [1.82, 2.24) is 10.6 Å². The third kappa shape index (κ3) is 3.62. The molecule has 0 radical (unpaired) electrons. The van der Waals surface area contributed by atoms with Crippen LogP contribution in [0.5, 0.6) is 0 Å². The van der Waals surface area contributed by atoms with Crippen molar-refractivity contribution < 1.29 is 9.53 Å². The molecule has 1 aliphatic heterocycles. The molecule has 0 saturated carbocycles. The van der Waals surface area contributed by atoms with Gasteiger partial charge in [-0.2, -0.15) is 0 Å². The van der Waals surface area contributed by atoms with Gasteiger partial charge in [-0.3, -0.25) is 0 Å². The number of halogens is 1. The van der Waals surface area contributed by atoms with E-state index in [9.17, 15) is 4.79 Å². The smallest absolute Gasteiger partial charge is 0.338 e. The first-order valence-corrected chi connectivity index (χ1v) is 7.13. The number of esters is 1. The standard InChI is InChI=1S/C15H15ClN2O2S/c1-3-8-20-14(19)12-9(2)17-15(21)18-13(12)10-4-6-11(16)7-5-10/h3-7,13H,1,8H2,2H3,(H2,17,18,21)/t13-/m1/s1. The highest BCUT2D eigenvalue weighted by molar-refractivity contribution is 7.80. The SMILES string of the molecule is C=CCOC(=O)C1=C(C)NC(=S)N[C@@H]1c1ccc(Cl)cc1. The summed E-state index contributed by atoms with van der Waals surface area (Å²) in [7, 11) is 0. The van der Waals surface area contributed by atoms with Crippen LogP contribution in [0.3, 0.4) is 0 Å². The Balaban J connectivity index is 2.37. The van der Waals surface area contributed by atoms with Crippen LogP contribution in [0.2, 0.25) is 5.02 Å². The maximum absolute atomic E-state index is 12.2. The Morgan fingerprint density at radius 3 is 2.76 bits per heavy atom. The van der Waals surface area contributed by atoms with E-state index in [1.54, 1.807) is 19.1 Å². The number of rotatable bonds is 4. The van der Waals surface area contributed by atoms with Crippen molar-refractivity contribution in [2.24, 2.45) is 0 Å². The van der Waals surface area contributed by atoms with Crippen LogP contribution in [0.15, 0.2) is 48.2 Å². The lowest BCUT2D eigenvalue weighted by Crippen LogP contribution is -2.45. The van der Waals surface area contributed by atoms with E-state index in [1.165, 1.54) is 6.08 Å². The Hall–Kier alpha value is -1.85. The molecule has 1 heterocycles. The topological polar surface area (TPSA) is 50.4 Å². The van der Waals surface area contributed by atoms with E-state index >= 15 is 0 Å². The molecule has 0 unspecified atom stereocenters.